The summed E-state index contributed by atoms with van der Waals surface area (Å²) in [7, 11) is 0. The summed E-state index contributed by atoms with van der Waals surface area (Å²) in [4.78, 5) is 27.1. The number of carbonyl (C=O) groups is 2. The van der Waals surface area contributed by atoms with Gasteiger partial charge in [0.1, 0.15) is 0 Å². The van der Waals surface area contributed by atoms with Crippen molar-refractivity contribution in [1.82, 2.24) is 9.47 Å². The number of carbonyl (C=O) groups excluding carboxylic acids is 2. The molecule has 1 aromatic carbocycles. The Bertz CT molecular complexity index is 989. The molecule has 4 rings (SSSR count). The van der Waals surface area contributed by atoms with Crippen LogP contribution >= 0.6 is 23.4 Å². The van der Waals surface area contributed by atoms with Crippen molar-refractivity contribution in [3.8, 4) is 0 Å². The molecule has 29 heavy (non-hydrogen) atoms. The summed E-state index contributed by atoms with van der Waals surface area (Å²) in [6, 6.07) is 9.94. The number of imide groups is 1. The van der Waals surface area contributed by atoms with Gasteiger partial charge in [-0.05, 0) is 73.9 Å². The second-order valence-corrected chi connectivity index (χ2v) is 9.32. The number of aryl methyl sites for hydroxylation is 1. The highest BCUT2D eigenvalue weighted by Crippen LogP contribution is 2.36. The monoisotopic (exact) mass is 428 g/mol. The van der Waals surface area contributed by atoms with Crippen molar-refractivity contribution in [1.29, 1.82) is 0 Å². The van der Waals surface area contributed by atoms with E-state index in [1.54, 1.807) is 12.1 Å². The van der Waals surface area contributed by atoms with Crippen molar-refractivity contribution in [2.24, 2.45) is 0 Å². The van der Waals surface area contributed by atoms with Crippen LogP contribution in [0, 0.1) is 13.8 Å². The maximum atomic E-state index is 12.9. The lowest BCUT2D eigenvalue weighted by molar-refractivity contribution is -0.123. The van der Waals surface area contributed by atoms with Crippen LogP contribution in [-0.2, 0) is 11.3 Å². The SMILES string of the molecule is Cc1cc(/C=C2\SC(=O)N(Cc3cccc(Cl)c3)C2=O)c(C)n1C1CCCCC1. The van der Waals surface area contributed by atoms with Gasteiger partial charge < -0.3 is 4.57 Å². The number of amides is 2. The highest BCUT2D eigenvalue weighted by Gasteiger charge is 2.35. The van der Waals surface area contributed by atoms with Crippen molar-refractivity contribution in [2.45, 2.75) is 58.5 Å². The predicted octanol–water partition coefficient (Wildman–Crippen LogP) is 6.50. The molecule has 0 unspecified atom stereocenters. The highest BCUT2D eigenvalue weighted by atomic mass is 35.5. The molecule has 1 aliphatic carbocycles. The fourth-order valence-electron chi connectivity index (χ4n) is 4.45. The van der Waals surface area contributed by atoms with E-state index < -0.39 is 0 Å². The molecule has 2 heterocycles. The molecule has 2 aromatic rings. The van der Waals surface area contributed by atoms with Crippen molar-refractivity contribution in [2.75, 3.05) is 0 Å². The first kappa shape index (κ1) is 20.3. The van der Waals surface area contributed by atoms with Gasteiger partial charge in [0.15, 0.2) is 0 Å². The lowest BCUT2D eigenvalue weighted by Gasteiger charge is -2.26. The van der Waals surface area contributed by atoms with Crippen LogP contribution in [0.1, 0.15) is 60.7 Å². The van der Waals surface area contributed by atoms with Gasteiger partial charge in [-0.1, -0.05) is 43.0 Å². The van der Waals surface area contributed by atoms with Crippen LogP contribution in [0.3, 0.4) is 0 Å². The molecule has 0 spiro atoms. The zero-order valence-corrected chi connectivity index (χ0v) is 18.4. The lowest BCUT2D eigenvalue weighted by atomic mass is 9.95. The predicted molar refractivity (Wildman–Crippen MR) is 119 cm³/mol. The summed E-state index contributed by atoms with van der Waals surface area (Å²) in [6.45, 7) is 4.48. The fraction of sp³-hybridized carbons (Fsp3) is 0.391. The molecule has 2 fully saturated rings. The van der Waals surface area contributed by atoms with E-state index in [1.807, 2.05) is 18.2 Å². The summed E-state index contributed by atoms with van der Waals surface area (Å²) in [5.41, 5.74) is 4.27. The molecule has 1 aliphatic heterocycles. The standard InChI is InChI=1S/C23H25ClN2O2S/c1-15-11-18(16(2)26(15)20-9-4-3-5-10-20)13-21-22(27)25(23(28)29-21)14-17-7-6-8-19(24)12-17/h6-8,11-13,20H,3-5,9-10,14H2,1-2H3/b21-13-. The fourth-order valence-corrected chi connectivity index (χ4v) is 5.49. The van der Waals surface area contributed by atoms with Gasteiger partial charge in [-0.15, -0.1) is 0 Å². The van der Waals surface area contributed by atoms with Crippen LogP contribution in [0.15, 0.2) is 35.2 Å². The highest BCUT2D eigenvalue weighted by molar-refractivity contribution is 8.18. The Hall–Kier alpha value is -1.98. The van der Waals surface area contributed by atoms with Gasteiger partial charge >= 0.3 is 0 Å². The molecule has 1 saturated carbocycles. The summed E-state index contributed by atoms with van der Waals surface area (Å²) < 4.78 is 2.42. The Morgan fingerprint density at radius 1 is 1.14 bits per heavy atom. The van der Waals surface area contributed by atoms with Gasteiger partial charge in [0.2, 0.25) is 0 Å². The summed E-state index contributed by atoms with van der Waals surface area (Å²) in [5.74, 6) is -0.234. The van der Waals surface area contributed by atoms with Crippen LogP contribution in [-0.4, -0.2) is 20.6 Å². The van der Waals surface area contributed by atoms with Gasteiger partial charge in [0.05, 0.1) is 11.4 Å². The maximum absolute atomic E-state index is 12.9. The Kier molecular flexibility index (Phi) is 5.88. The first-order valence-corrected chi connectivity index (χ1v) is 11.3. The largest absolute Gasteiger partial charge is 0.346 e. The van der Waals surface area contributed by atoms with E-state index in [-0.39, 0.29) is 17.7 Å². The lowest BCUT2D eigenvalue weighted by Crippen LogP contribution is -2.27. The molecule has 0 atom stereocenters. The summed E-state index contributed by atoms with van der Waals surface area (Å²) in [5, 5.41) is 0.363. The minimum Gasteiger partial charge on any atom is -0.346 e. The van der Waals surface area contributed by atoms with E-state index in [4.69, 9.17) is 11.6 Å². The van der Waals surface area contributed by atoms with Crippen LogP contribution in [0.25, 0.3) is 6.08 Å². The summed E-state index contributed by atoms with van der Waals surface area (Å²) in [6.07, 6.45) is 8.18. The molecule has 0 radical (unpaired) electrons. The topological polar surface area (TPSA) is 42.3 Å². The molecule has 1 saturated heterocycles. The maximum Gasteiger partial charge on any atom is 0.293 e. The molecule has 1 aromatic heterocycles. The van der Waals surface area contributed by atoms with Gasteiger partial charge in [-0.25, -0.2) is 0 Å². The van der Waals surface area contributed by atoms with E-state index in [0.717, 1.165) is 22.9 Å². The quantitative estimate of drug-likeness (QED) is 0.522. The first-order chi connectivity index (χ1) is 13.9. The smallest absolute Gasteiger partial charge is 0.293 e. The molecule has 4 nitrogen and oxygen atoms in total. The molecular formula is C23H25ClN2O2S. The Balaban J connectivity index is 1.57. The number of benzene rings is 1. The third-order valence-electron chi connectivity index (χ3n) is 5.85. The van der Waals surface area contributed by atoms with Crippen LogP contribution in [0.5, 0.6) is 0 Å². The van der Waals surface area contributed by atoms with Crippen LogP contribution in [0.4, 0.5) is 4.79 Å². The van der Waals surface area contributed by atoms with E-state index in [0.29, 0.717) is 16.0 Å². The Morgan fingerprint density at radius 2 is 1.90 bits per heavy atom. The van der Waals surface area contributed by atoms with Gasteiger partial charge in [-0.2, -0.15) is 0 Å². The molecule has 0 N–H and O–H groups in total. The van der Waals surface area contributed by atoms with Crippen molar-refractivity contribution in [3.05, 3.63) is 62.8 Å². The van der Waals surface area contributed by atoms with Crippen LogP contribution < -0.4 is 0 Å². The van der Waals surface area contributed by atoms with Gasteiger partial charge in [0, 0.05) is 22.5 Å². The average molecular weight is 429 g/mol. The number of hydrogen-bond donors (Lipinski definition) is 0. The number of halogens is 1. The third kappa shape index (κ3) is 4.17. The third-order valence-corrected chi connectivity index (χ3v) is 7.00. The number of nitrogens with zero attached hydrogens (tertiary/aromatic N) is 2. The first-order valence-electron chi connectivity index (χ1n) is 10.1. The zero-order valence-electron chi connectivity index (χ0n) is 16.8. The Morgan fingerprint density at radius 3 is 2.62 bits per heavy atom. The number of hydrogen-bond acceptors (Lipinski definition) is 3. The van der Waals surface area contributed by atoms with Crippen molar-refractivity contribution >= 4 is 40.6 Å². The molecule has 2 aliphatic rings. The van der Waals surface area contributed by atoms with E-state index in [9.17, 15) is 9.59 Å². The Labute approximate surface area is 180 Å². The minimum absolute atomic E-state index is 0.234. The molecular weight excluding hydrogens is 404 g/mol. The van der Waals surface area contributed by atoms with Crippen LogP contribution in [0.2, 0.25) is 5.02 Å². The molecule has 0 bridgehead atoms. The van der Waals surface area contributed by atoms with Crippen molar-refractivity contribution in [3.63, 3.8) is 0 Å². The number of rotatable bonds is 4. The molecule has 152 valence electrons. The number of thioether (sulfide) groups is 1. The normalized spacial score (nSPS) is 19.6. The van der Waals surface area contributed by atoms with Gasteiger partial charge in [-0.3, -0.25) is 14.5 Å². The second-order valence-electron chi connectivity index (χ2n) is 7.89. The zero-order chi connectivity index (χ0) is 20.5. The van der Waals surface area contributed by atoms with Crippen molar-refractivity contribution < 1.29 is 9.59 Å². The summed E-state index contributed by atoms with van der Waals surface area (Å²) >= 11 is 7.05. The van der Waals surface area contributed by atoms with E-state index >= 15 is 0 Å². The van der Waals surface area contributed by atoms with E-state index in [1.165, 1.54) is 48.4 Å². The van der Waals surface area contributed by atoms with Gasteiger partial charge in [0.25, 0.3) is 11.1 Å². The molecule has 2 amide bonds. The average Bonchev–Trinajstić information content (AvgIpc) is 3.12. The molecule has 6 heteroatoms. The number of aromatic nitrogens is 1. The minimum atomic E-state index is -0.234. The second kappa shape index (κ2) is 8.41. The van der Waals surface area contributed by atoms with E-state index in [2.05, 4.69) is 24.5 Å².